The van der Waals surface area contributed by atoms with E-state index in [-0.39, 0.29) is 5.78 Å². The van der Waals surface area contributed by atoms with Gasteiger partial charge in [0.15, 0.2) is 0 Å². The fourth-order valence-corrected chi connectivity index (χ4v) is 1.57. The summed E-state index contributed by atoms with van der Waals surface area (Å²) >= 11 is 0. The Balaban J connectivity index is 2.91. The van der Waals surface area contributed by atoms with Crippen LogP contribution >= 0.6 is 0 Å². The average molecular weight is 192 g/mol. The van der Waals surface area contributed by atoms with E-state index in [1.807, 2.05) is 20.8 Å². The van der Waals surface area contributed by atoms with Crippen LogP contribution in [-0.4, -0.2) is 15.8 Å². The summed E-state index contributed by atoms with van der Waals surface area (Å²) in [7, 11) is 0. The predicted octanol–water partition coefficient (Wildman–Crippen LogP) is 1.92. The number of ketones is 1. The fourth-order valence-electron chi connectivity index (χ4n) is 1.57. The molecule has 0 N–H and O–H groups in total. The molecule has 1 aromatic rings. The maximum absolute atomic E-state index is 10.9. The lowest BCUT2D eigenvalue weighted by Crippen LogP contribution is -2.04. The second kappa shape index (κ2) is 4.31. The van der Waals surface area contributed by atoms with Crippen molar-refractivity contribution in [3.63, 3.8) is 0 Å². The van der Waals surface area contributed by atoms with Gasteiger partial charge in [-0.1, -0.05) is 0 Å². The van der Waals surface area contributed by atoms with Crippen molar-refractivity contribution in [1.82, 2.24) is 9.97 Å². The molecule has 0 aliphatic carbocycles. The van der Waals surface area contributed by atoms with E-state index in [4.69, 9.17) is 0 Å². The summed E-state index contributed by atoms with van der Waals surface area (Å²) in [5.41, 5.74) is 3.11. The number of carbonyl (C=O) groups excluding carboxylic acids is 1. The normalized spacial score (nSPS) is 10.3. The summed E-state index contributed by atoms with van der Waals surface area (Å²) in [5, 5.41) is 0. The van der Waals surface area contributed by atoms with Crippen LogP contribution in [0, 0.1) is 20.8 Å². The lowest BCUT2D eigenvalue weighted by molar-refractivity contribution is -0.116. The molecule has 0 amide bonds. The Morgan fingerprint density at radius 2 is 1.64 bits per heavy atom. The lowest BCUT2D eigenvalue weighted by Gasteiger charge is -2.07. The first-order chi connectivity index (χ1) is 6.50. The van der Waals surface area contributed by atoms with Crippen LogP contribution in [0.3, 0.4) is 0 Å². The number of nitrogens with zero attached hydrogens (tertiary/aromatic N) is 2. The van der Waals surface area contributed by atoms with Crippen molar-refractivity contribution in [2.75, 3.05) is 0 Å². The highest BCUT2D eigenvalue weighted by Gasteiger charge is 2.07. The molecule has 0 saturated carbocycles. The zero-order chi connectivity index (χ0) is 10.7. The zero-order valence-corrected chi connectivity index (χ0v) is 9.22. The van der Waals surface area contributed by atoms with Crippen LogP contribution in [0.2, 0.25) is 0 Å². The molecule has 0 radical (unpaired) electrons. The third kappa shape index (κ3) is 2.62. The van der Waals surface area contributed by atoms with Gasteiger partial charge in [-0.15, -0.1) is 0 Å². The van der Waals surface area contributed by atoms with E-state index in [0.717, 1.165) is 29.2 Å². The van der Waals surface area contributed by atoms with Gasteiger partial charge >= 0.3 is 0 Å². The van der Waals surface area contributed by atoms with Crippen LogP contribution in [-0.2, 0) is 11.2 Å². The molecule has 1 rings (SSSR count). The topological polar surface area (TPSA) is 42.9 Å². The summed E-state index contributed by atoms with van der Waals surface area (Å²) in [6, 6.07) is 0. The average Bonchev–Trinajstić information content (AvgIpc) is 2.01. The number of Topliss-reactive ketones (excluding diaryl/α,β-unsaturated/α-hetero) is 1. The van der Waals surface area contributed by atoms with Gasteiger partial charge in [0.05, 0.1) is 0 Å². The number of aromatic nitrogens is 2. The molecule has 0 aliphatic rings. The van der Waals surface area contributed by atoms with Crippen molar-refractivity contribution in [2.24, 2.45) is 0 Å². The highest BCUT2D eigenvalue weighted by atomic mass is 16.1. The van der Waals surface area contributed by atoms with Gasteiger partial charge in [-0.25, -0.2) is 9.97 Å². The van der Waals surface area contributed by atoms with Gasteiger partial charge < -0.3 is 4.79 Å². The highest BCUT2D eigenvalue weighted by Crippen LogP contribution is 2.12. The van der Waals surface area contributed by atoms with Crippen molar-refractivity contribution < 1.29 is 4.79 Å². The summed E-state index contributed by atoms with van der Waals surface area (Å²) in [4.78, 5) is 19.4. The zero-order valence-electron chi connectivity index (χ0n) is 9.22. The minimum atomic E-state index is 0.212. The van der Waals surface area contributed by atoms with Gasteiger partial charge in [-0.3, -0.25) is 0 Å². The second-order valence-corrected chi connectivity index (χ2v) is 3.62. The van der Waals surface area contributed by atoms with Crippen molar-refractivity contribution in [3.05, 3.63) is 22.8 Å². The van der Waals surface area contributed by atoms with Gasteiger partial charge in [0.1, 0.15) is 11.6 Å². The van der Waals surface area contributed by atoms with Gasteiger partial charge in [0.2, 0.25) is 0 Å². The molecule has 1 aromatic heterocycles. The molecule has 0 unspecified atom stereocenters. The van der Waals surface area contributed by atoms with E-state index in [0.29, 0.717) is 6.42 Å². The molecule has 0 aliphatic heterocycles. The fraction of sp³-hybridized carbons (Fsp3) is 0.545. The first-order valence-corrected chi connectivity index (χ1v) is 4.81. The van der Waals surface area contributed by atoms with Gasteiger partial charge in [0.25, 0.3) is 0 Å². The Labute approximate surface area is 84.6 Å². The quantitative estimate of drug-likeness (QED) is 0.734. The van der Waals surface area contributed by atoms with Crippen LogP contribution < -0.4 is 0 Å². The van der Waals surface area contributed by atoms with Crippen LogP contribution in [0.1, 0.15) is 36.1 Å². The van der Waals surface area contributed by atoms with Crippen LogP contribution in [0.25, 0.3) is 0 Å². The Hall–Kier alpha value is -1.25. The lowest BCUT2D eigenvalue weighted by atomic mass is 10.1. The van der Waals surface area contributed by atoms with Crippen molar-refractivity contribution in [2.45, 2.75) is 40.5 Å². The van der Waals surface area contributed by atoms with Crippen molar-refractivity contribution in [1.29, 1.82) is 0 Å². The Bertz CT molecular complexity index is 335. The summed E-state index contributed by atoms with van der Waals surface area (Å²) in [5.74, 6) is 1.01. The molecular formula is C11H16N2O. The molecule has 14 heavy (non-hydrogen) atoms. The molecule has 0 aromatic carbocycles. The van der Waals surface area contributed by atoms with Gasteiger partial charge in [-0.05, 0) is 39.7 Å². The second-order valence-electron chi connectivity index (χ2n) is 3.62. The molecule has 1 heterocycles. The van der Waals surface area contributed by atoms with Crippen LogP contribution in [0.4, 0.5) is 0 Å². The molecule has 3 nitrogen and oxygen atoms in total. The first kappa shape index (κ1) is 10.8. The minimum Gasteiger partial charge on any atom is -0.300 e. The molecular weight excluding hydrogens is 176 g/mol. The van der Waals surface area contributed by atoms with E-state index >= 15 is 0 Å². The van der Waals surface area contributed by atoms with Crippen molar-refractivity contribution >= 4 is 5.78 Å². The minimum absolute atomic E-state index is 0.212. The van der Waals surface area contributed by atoms with Crippen LogP contribution in [0.15, 0.2) is 0 Å². The standard InChI is InChI=1S/C11H16N2O/c1-7(14)5-6-11-8(2)12-10(4)13-9(11)3/h5-6H2,1-4H3. The number of aryl methyl sites for hydroxylation is 3. The van der Waals surface area contributed by atoms with E-state index in [2.05, 4.69) is 9.97 Å². The SMILES string of the molecule is CC(=O)CCc1c(C)nc(C)nc1C. The molecule has 0 bridgehead atoms. The Morgan fingerprint density at radius 3 is 2.07 bits per heavy atom. The third-order valence-corrected chi connectivity index (χ3v) is 2.26. The van der Waals surface area contributed by atoms with Crippen molar-refractivity contribution in [3.8, 4) is 0 Å². The van der Waals surface area contributed by atoms with Gasteiger partial charge in [0, 0.05) is 17.8 Å². The predicted molar refractivity (Wildman–Crippen MR) is 55.2 cm³/mol. The summed E-state index contributed by atoms with van der Waals surface area (Å²) in [6.07, 6.45) is 1.33. The van der Waals surface area contributed by atoms with Gasteiger partial charge in [-0.2, -0.15) is 0 Å². The molecule has 76 valence electrons. The number of hydrogen-bond acceptors (Lipinski definition) is 3. The number of carbonyl (C=O) groups is 1. The molecule has 3 heteroatoms. The highest BCUT2D eigenvalue weighted by molar-refractivity contribution is 5.75. The van der Waals surface area contributed by atoms with E-state index in [1.165, 1.54) is 0 Å². The van der Waals surface area contributed by atoms with E-state index in [1.54, 1.807) is 6.92 Å². The third-order valence-electron chi connectivity index (χ3n) is 2.26. The molecule has 0 saturated heterocycles. The van der Waals surface area contributed by atoms with Crippen LogP contribution in [0.5, 0.6) is 0 Å². The van der Waals surface area contributed by atoms with E-state index in [9.17, 15) is 4.79 Å². The monoisotopic (exact) mass is 192 g/mol. The molecule has 0 atom stereocenters. The largest absolute Gasteiger partial charge is 0.300 e. The summed E-state index contributed by atoms with van der Waals surface area (Å²) < 4.78 is 0. The first-order valence-electron chi connectivity index (χ1n) is 4.81. The molecule has 0 fully saturated rings. The maximum Gasteiger partial charge on any atom is 0.130 e. The Kier molecular flexibility index (Phi) is 3.33. The Morgan fingerprint density at radius 1 is 1.14 bits per heavy atom. The van der Waals surface area contributed by atoms with E-state index < -0.39 is 0 Å². The summed E-state index contributed by atoms with van der Waals surface area (Å²) in [6.45, 7) is 7.43. The smallest absolute Gasteiger partial charge is 0.130 e. The maximum atomic E-state index is 10.9. The molecule has 0 spiro atoms. The number of hydrogen-bond donors (Lipinski definition) is 0. The number of rotatable bonds is 3.